The van der Waals surface area contributed by atoms with Crippen LogP contribution in [-0.4, -0.2) is 77.0 Å². The van der Waals surface area contributed by atoms with Crippen molar-refractivity contribution in [2.45, 2.75) is 62.4 Å². The van der Waals surface area contributed by atoms with Gasteiger partial charge in [0.05, 0.1) is 25.1 Å². The van der Waals surface area contributed by atoms with E-state index in [1.807, 2.05) is 0 Å². The van der Waals surface area contributed by atoms with Gasteiger partial charge in [-0.2, -0.15) is 0 Å². The van der Waals surface area contributed by atoms with Crippen LogP contribution in [0.15, 0.2) is 12.7 Å². The summed E-state index contributed by atoms with van der Waals surface area (Å²) in [6.45, 7) is -0.400. The van der Waals surface area contributed by atoms with E-state index in [0.29, 0.717) is 17.0 Å². The average molecular weight is 365 g/mol. The molecule has 10 nitrogen and oxygen atoms in total. The van der Waals surface area contributed by atoms with Crippen LogP contribution in [0.3, 0.4) is 0 Å². The molecule has 2 aliphatic rings. The molecule has 1 aliphatic heterocycles. The summed E-state index contributed by atoms with van der Waals surface area (Å²) in [6, 6.07) is -0.0964. The van der Waals surface area contributed by atoms with Crippen LogP contribution in [0.4, 0.5) is 5.82 Å². The van der Waals surface area contributed by atoms with E-state index in [2.05, 4.69) is 20.3 Å². The van der Waals surface area contributed by atoms with Crippen LogP contribution in [0.25, 0.3) is 11.2 Å². The van der Waals surface area contributed by atoms with Gasteiger partial charge in [-0.1, -0.05) is 12.8 Å². The van der Waals surface area contributed by atoms with Crippen LogP contribution in [0.1, 0.15) is 31.9 Å². The maximum atomic E-state index is 10.2. The first-order valence-electron chi connectivity index (χ1n) is 8.84. The van der Waals surface area contributed by atoms with Crippen molar-refractivity contribution >= 4 is 17.0 Å². The second kappa shape index (κ2) is 7.05. The number of aromatic nitrogens is 4. The van der Waals surface area contributed by atoms with Crippen molar-refractivity contribution in [1.82, 2.24) is 19.5 Å². The molecule has 0 spiro atoms. The fourth-order valence-corrected chi connectivity index (χ4v) is 3.71. The molecular weight excluding hydrogens is 342 g/mol. The van der Waals surface area contributed by atoms with E-state index < -0.39 is 37.3 Å². The van der Waals surface area contributed by atoms with Crippen molar-refractivity contribution in [3.05, 3.63) is 12.7 Å². The Morgan fingerprint density at radius 3 is 2.65 bits per heavy atom. The first-order valence-corrected chi connectivity index (χ1v) is 8.84. The molecule has 4 rings (SSSR count). The molecule has 2 fully saturated rings. The minimum atomic E-state index is -1.21. The lowest BCUT2D eigenvalue weighted by atomic mass is 9.92. The topological polar surface area (TPSA) is 146 Å². The van der Waals surface area contributed by atoms with Crippen LogP contribution in [0, 0.1) is 0 Å². The van der Waals surface area contributed by atoms with Crippen LogP contribution < -0.4 is 5.32 Å². The second-order valence-electron chi connectivity index (χ2n) is 6.88. The third-order valence-corrected chi connectivity index (χ3v) is 5.20. The van der Waals surface area contributed by atoms with Gasteiger partial charge < -0.3 is 30.5 Å². The molecule has 1 saturated heterocycles. The highest BCUT2D eigenvalue weighted by atomic mass is 16.6. The van der Waals surface area contributed by atoms with Crippen molar-refractivity contribution in [1.29, 1.82) is 0 Å². The van der Waals surface area contributed by atoms with Gasteiger partial charge in [-0.3, -0.25) is 4.57 Å². The predicted molar refractivity (Wildman–Crippen MR) is 90.2 cm³/mol. The van der Waals surface area contributed by atoms with Gasteiger partial charge in [0.1, 0.15) is 24.6 Å². The smallest absolute Gasteiger partial charge is 0.167 e. The van der Waals surface area contributed by atoms with Gasteiger partial charge in [-0.15, -0.1) is 0 Å². The number of fused-ring (bicyclic) bond motifs is 1. The maximum absolute atomic E-state index is 10.2. The lowest BCUT2D eigenvalue weighted by Crippen LogP contribution is -2.36. The van der Waals surface area contributed by atoms with Crippen molar-refractivity contribution in [3.63, 3.8) is 0 Å². The molecule has 1 saturated carbocycles. The minimum Gasteiger partial charge on any atom is -0.394 e. The van der Waals surface area contributed by atoms with E-state index in [9.17, 15) is 20.4 Å². The summed E-state index contributed by atoms with van der Waals surface area (Å²) in [4.78, 5) is 12.8. The zero-order chi connectivity index (χ0) is 18.3. The number of aliphatic hydroxyl groups excluding tert-OH is 4. The summed E-state index contributed by atoms with van der Waals surface area (Å²) in [7, 11) is 0. The summed E-state index contributed by atoms with van der Waals surface area (Å²) in [6.07, 6.45) is 1.87. The van der Waals surface area contributed by atoms with Crippen LogP contribution in [-0.2, 0) is 4.74 Å². The lowest BCUT2D eigenvalue weighted by Gasteiger charge is -2.28. The molecule has 2 aromatic heterocycles. The number of ether oxygens (including phenoxy) is 1. The number of hydrogen-bond acceptors (Lipinski definition) is 9. The minimum absolute atomic E-state index is 0.0964. The Kier molecular flexibility index (Phi) is 4.76. The van der Waals surface area contributed by atoms with Crippen LogP contribution in [0.5, 0.6) is 0 Å². The molecule has 3 heterocycles. The van der Waals surface area contributed by atoms with E-state index in [-0.39, 0.29) is 6.04 Å². The summed E-state index contributed by atoms with van der Waals surface area (Å²) < 4.78 is 7.06. The molecule has 10 heteroatoms. The fourth-order valence-electron chi connectivity index (χ4n) is 3.71. The van der Waals surface area contributed by atoms with Gasteiger partial charge in [-0.25, -0.2) is 15.0 Å². The van der Waals surface area contributed by atoms with Crippen molar-refractivity contribution in [3.8, 4) is 0 Å². The zero-order valence-corrected chi connectivity index (χ0v) is 14.1. The number of aliphatic hydroxyl groups is 4. The number of nitrogens with zero attached hydrogens (tertiary/aromatic N) is 4. The van der Waals surface area contributed by atoms with Crippen LogP contribution in [0.2, 0.25) is 0 Å². The SMILES string of the molecule is OCC1OC(n2cnc3c(NC4CCCCC4O)ncnc32)C(O)C1O. The van der Waals surface area contributed by atoms with Crippen molar-refractivity contribution in [2.24, 2.45) is 0 Å². The average Bonchev–Trinajstić information content (AvgIpc) is 3.19. The summed E-state index contributed by atoms with van der Waals surface area (Å²) in [5.41, 5.74) is 0.922. The third-order valence-electron chi connectivity index (χ3n) is 5.20. The molecule has 26 heavy (non-hydrogen) atoms. The Balaban J connectivity index is 1.63. The highest BCUT2D eigenvalue weighted by Crippen LogP contribution is 2.32. The first-order chi connectivity index (χ1) is 12.6. The van der Waals surface area contributed by atoms with Gasteiger partial charge in [0.15, 0.2) is 23.2 Å². The van der Waals surface area contributed by atoms with Gasteiger partial charge in [0, 0.05) is 0 Å². The number of imidazole rings is 1. The number of hydrogen-bond donors (Lipinski definition) is 5. The Labute approximate surface area is 149 Å². The number of nitrogens with one attached hydrogen (secondary N) is 1. The van der Waals surface area contributed by atoms with E-state index in [1.165, 1.54) is 17.2 Å². The van der Waals surface area contributed by atoms with Gasteiger partial charge in [-0.05, 0) is 12.8 Å². The Hall–Kier alpha value is -1.85. The molecular formula is C16H23N5O5. The first kappa shape index (κ1) is 17.6. The highest BCUT2D eigenvalue weighted by molar-refractivity contribution is 5.82. The Morgan fingerprint density at radius 1 is 1.12 bits per heavy atom. The molecule has 0 amide bonds. The predicted octanol–water partition coefficient (Wildman–Crippen LogP) is -0.847. The van der Waals surface area contributed by atoms with Gasteiger partial charge >= 0.3 is 0 Å². The largest absolute Gasteiger partial charge is 0.394 e. The van der Waals surface area contributed by atoms with E-state index >= 15 is 0 Å². The monoisotopic (exact) mass is 365 g/mol. The third kappa shape index (κ3) is 2.93. The van der Waals surface area contributed by atoms with Gasteiger partial charge in [0.2, 0.25) is 0 Å². The summed E-state index contributed by atoms with van der Waals surface area (Å²) in [5.74, 6) is 0.506. The maximum Gasteiger partial charge on any atom is 0.167 e. The molecule has 2 aromatic rings. The quantitative estimate of drug-likeness (QED) is 0.468. The molecule has 5 N–H and O–H groups in total. The number of rotatable bonds is 4. The summed E-state index contributed by atoms with van der Waals surface area (Å²) in [5, 5.41) is 42.9. The zero-order valence-electron chi connectivity index (χ0n) is 14.1. The Morgan fingerprint density at radius 2 is 1.92 bits per heavy atom. The van der Waals surface area contributed by atoms with Crippen molar-refractivity contribution < 1.29 is 25.2 Å². The normalized spacial score (nSPS) is 35.1. The van der Waals surface area contributed by atoms with Crippen molar-refractivity contribution in [2.75, 3.05) is 11.9 Å². The van der Waals surface area contributed by atoms with E-state index in [0.717, 1.165) is 25.7 Å². The number of anilines is 1. The molecule has 6 atom stereocenters. The molecule has 142 valence electrons. The molecule has 0 radical (unpaired) electrons. The van der Waals surface area contributed by atoms with Crippen LogP contribution >= 0.6 is 0 Å². The molecule has 0 bridgehead atoms. The van der Waals surface area contributed by atoms with E-state index in [1.54, 1.807) is 0 Å². The van der Waals surface area contributed by atoms with E-state index in [4.69, 9.17) is 4.74 Å². The molecule has 1 aliphatic carbocycles. The second-order valence-corrected chi connectivity index (χ2v) is 6.88. The fraction of sp³-hybridized carbons (Fsp3) is 0.688. The Bertz CT molecular complexity index is 771. The standard InChI is InChI=1S/C16H23N5O5/c22-5-10-12(24)13(25)16(26-10)21-7-19-11-14(17-6-18-15(11)21)20-8-3-1-2-4-9(8)23/h6-10,12-13,16,22-25H,1-5H2,(H,17,18,20). The highest BCUT2D eigenvalue weighted by Gasteiger charge is 2.44. The molecule has 6 unspecified atom stereocenters. The lowest BCUT2D eigenvalue weighted by molar-refractivity contribution is -0.0511. The summed E-state index contributed by atoms with van der Waals surface area (Å²) >= 11 is 0. The molecule has 0 aromatic carbocycles. The van der Waals surface area contributed by atoms with Gasteiger partial charge in [0.25, 0.3) is 0 Å².